The molecule has 2 nitrogen and oxygen atoms in total. The minimum absolute atomic E-state index is 0.0308. The molecule has 1 atom stereocenters. The Morgan fingerprint density at radius 2 is 2.05 bits per heavy atom. The molecule has 0 aliphatic carbocycles. The molecule has 1 heterocycles. The van der Waals surface area contributed by atoms with Crippen LogP contribution >= 0.6 is 27.3 Å². The van der Waals surface area contributed by atoms with E-state index in [9.17, 15) is 9.00 Å². The van der Waals surface area contributed by atoms with Crippen LogP contribution in [-0.4, -0.2) is 15.7 Å². The molecular weight excluding hydrogens is 344 g/mol. The van der Waals surface area contributed by atoms with Gasteiger partial charge in [0.15, 0.2) is 5.78 Å². The predicted octanol–water partition coefficient (Wildman–Crippen LogP) is 4.12. The SMILES string of the molecule is Cc1ccc(S(=O)CC(=O)c2sccc2Br)c(C)c1. The van der Waals surface area contributed by atoms with Gasteiger partial charge in [0.05, 0.1) is 21.4 Å². The van der Waals surface area contributed by atoms with Crippen molar-refractivity contribution in [2.45, 2.75) is 18.7 Å². The van der Waals surface area contributed by atoms with Crippen molar-refractivity contribution < 1.29 is 9.00 Å². The van der Waals surface area contributed by atoms with E-state index in [1.165, 1.54) is 11.3 Å². The molecule has 0 N–H and O–H groups in total. The zero-order valence-electron chi connectivity index (χ0n) is 10.6. The molecular formula is C14H13BrO2S2. The number of benzene rings is 1. The third-order valence-corrected chi connectivity index (χ3v) is 6.06. The minimum Gasteiger partial charge on any atom is -0.292 e. The summed E-state index contributed by atoms with van der Waals surface area (Å²) >= 11 is 4.70. The second-order valence-corrected chi connectivity index (χ2v) is 7.47. The average Bonchev–Trinajstić information content (AvgIpc) is 2.75. The lowest BCUT2D eigenvalue weighted by Gasteiger charge is -2.06. The van der Waals surface area contributed by atoms with Crippen LogP contribution in [0.1, 0.15) is 20.8 Å². The largest absolute Gasteiger partial charge is 0.292 e. The Kier molecular flexibility index (Phi) is 4.71. The van der Waals surface area contributed by atoms with Crippen molar-refractivity contribution in [3.63, 3.8) is 0 Å². The van der Waals surface area contributed by atoms with Crippen LogP contribution in [-0.2, 0) is 10.8 Å². The van der Waals surface area contributed by atoms with Gasteiger partial charge in [-0.1, -0.05) is 17.7 Å². The predicted molar refractivity (Wildman–Crippen MR) is 83.5 cm³/mol. The van der Waals surface area contributed by atoms with Gasteiger partial charge in [-0.15, -0.1) is 11.3 Å². The van der Waals surface area contributed by atoms with Crippen molar-refractivity contribution in [1.82, 2.24) is 0 Å². The molecule has 0 fully saturated rings. The minimum atomic E-state index is -1.29. The van der Waals surface area contributed by atoms with Gasteiger partial charge in [-0.3, -0.25) is 9.00 Å². The zero-order valence-corrected chi connectivity index (χ0v) is 13.8. The molecule has 0 bridgehead atoms. The van der Waals surface area contributed by atoms with Crippen molar-refractivity contribution in [2.75, 3.05) is 5.75 Å². The average molecular weight is 357 g/mol. The Morgan fingerprint density at radius 3 is 2.63 bits per heavy atom. The van der Waals surface area contributed by atoms with E-state index < -0.39 is 10.8 Å². The van der Waals surface area contributed by atoms with Crippen LogP contribution in [0.25, 0.3) is 0 Å². The highest BCUT2D eigenvalue weighted by Gasteiger charge is 2.17. The van der Waals surface area contributed by atoms with Gasteiger partial charge >= 0.3 is 0 Å². The fraction of sp³-hybridized carbons (Fsp3) is 0.214. The molecule has 5 heteroatoms. The molecule has 100 valence electrons. The van der Waals surface area contributed by atoms with E-state index in [1.807, 2.05) is 43.5 Å². The van der Waals surface area contributed by atoms with Crippen LogP contribution in [0.4, 0.5) is 0 Å². The standard InChI is InChI=1S/C14H13BrO2S2/c1-9-3-4-13(10(2)7-9)19(17)8-12(16)14-11(15)5-6-18-14/h3-7H,8H2,1-2H3. The van der Waals surface area contributed by atoms with Gasteiger partial charge < -0.3 is 0 Å². The molecule has 0 aliphatic rings. The van der Waals surface area contributed by atoms with Crippen LogP contribution in [0.2, 0.25) is 0 Å². The zero-order chi connectivity index (χ0) is 14.0. The Bertz CT molecular complexity index is 647. The number of Topliss-reactive ketones (excluding diaryl/α,β-unsaturated/α-hetero) is 1. The summed E-state index contributed by atoms with van der Waals surface area (Å²) in [5.74, 6) is -0.0524. The van der Waals surface area contributed by atoms with Gasteiger partial charge in [0.2, 0.25) is 0 Å². The van der Waals surface area contributed by atoms with E-state index in [0.717, 1.165) is 20.5 Å². The van der Waals surface area contributed by atoms with Gasteiger partial charge in [-0.05, 0) is 52.9 Å². The van der Waals surface area contributed by atoms with Crippen LogP contribution < -0.4 is 0 Å². The number of hydrogen-bond donors (Lipinski definition) is 0. The number of rotatable bonds is 4. The van der Waals surface area contributed by atoms with Crippen molar-refractivity contribution in [2.24, 2.45) is 0 Å². The molecule has 2 rings (SSSR count). The van der Waals surface area contributed by atoms with Crippen LogP contribution in [0.3, 0.4) is 0 Å². The lowest BCUT2D eigenvalue weighted by molar-refractivity contribution is 0.102. The quantitative estimate of drug-likeness (QED) is 0.772. The van der Waals surface area contributed by atoms with Crippen molar-refractivity contribution >= 4 is 43.8 Å². The van der Waals surface area contributed by atoms with Crippen LogP contribution in [0, 0.1) is 13.8 Å². The fourth-order valence-corrected chi connectivity index (χ4v) is 4.61. The van der Waals surface area contributed by atoms with Gasteiger partial charge in [0, 0.05) is 9.37 Å². The highest BCUT2D eigenvalue weighted by atomic mass is 79.9. The monoisotopic (exact) mass is 356 g/mol. The lowest BCUT2D eigenvalue weighted by atomic mass is 10.2. The first kappa shape index (κ1) is 14.6. The molecule has 2 aromatic rings. The first-order valence-corrected chi connectivity index (χ1v) is 8.70. The maximum Gasteiger partial charge on any atom is 0.186 e. The number of ketones is 1. The maximum absolute atomic E-state index is 12.3. The van der Waals surface area contributed by atoms with E-state index >= 15 is 0 Å². The number of hydrogen-bond acceptors (Lipinski definition) is 3. The molecule has 1 aromatic carbocycles. The number of carbonyl (C=O) groups is 1. The smallest absolute Gasteiger partial charge is 0.186 e. The molecule has 0 aliphatic heterocycles. The number of thiophene rings is 1. The first-order chi connectivity index (χ1) is 8.99. The lowest BCUT2D eigenvalue weighted by Crippen LogP contribution is -2.11. The maximum atomic E-state index is 12.3. The fourth-order valence-electron chi connectivity index (χ4n) is 1.81. The summed E-state index contributed by atoms with van der Waals surface area (Å²) < 4.78 is 13.1. The Hall–Kier alpha value is -0.780. The normalized spacial score (nSPS) is 12.4. The Labute approximate surface area is 127 Å². The number of aryl methyl sites for hydroxylation is 2. The molecule has 0 saturated heterocycles. The van der Waals surface area contributed by atoms with Gasteiger partial charge in [0.25, 0.3) is 0 Å². The summed E-state index contributed by atoms with van der Waals surface area (Å²) in [7, 11) is -1.29. The van der Waals surface area contributed by atoms with E-state index in [1.54, 1.807) is 0 Å². The van der Waals surface area contributed by atoms with Crippen molar-refractivity contribution in [1.29, 1.82) is 0 Å². The first-order valence-electron chi connectivity index (χ1n) is 5.71. The second kappa shape index (κ2) is 6.11. The molecule has 0 amide bonds. The molecule has 0 spiro atoms. The van der Waals surface area contributed by atoms with E-state index in [0.29, 0.717) is 4.88 Å². The number of carbonyl (C=O) groups excluding carboxylic acids is 1. The summed E-state index contributed by atoms with van der Waals surface area (Å²) in [4.78, 5) is 13.5. The summed E-state index contributed by atoms with van der Waals surface area (Å²) in [5, 5.41) is 1.84. The van der Waals surface area contributed by atoms with Crippen molar-refractivity contribution in [3.8, 4) is 0 Å². The Balaban J connectivity index is 2.18. The highest BCUT2D eigenvalue weighted by Crippen LogP contribution is 2.24. The second-order valence-electron chi connectivity index (χ2n) is 4.28. The van der Waals surface area contributed by atoms with E-state index in [2.05, 4.69) is 15.9 Å². The summed E-state index contributed by atoms with van der Waals surface area (Å²) in [5.41, 5.74) is 2.10. The summed E-state index contributed by atoms with van der Waals surface area (Å²) in [6.07, 6.45) is 0. The van der Waals surface area contributed by atoms with Gasteiger partial charge in [0.1, 0.15) is 0 Å². The van der Waals surface area contributed by atoms with Crippen LogP contribution in [0.5, 0.6) is 0 Å². The molecule has 19 heavy (non-hydrogen) atoms. The molecule has 0 saturated carbocycles. The molecule has 0 radical (unpaired) electrons. The number of halogens is 1. The third-order valence-electron chi connectivity index (χ3n) is 2.71. The summed E-state index contributed by atoms with van der Waals surface area (Å²) in [6.45, 7) is 3.92. The third kappa shape index (κ3) is 3.41. The van der Waals surface area contributed by atoms with Crippen LogP contribution in [0.15, 0.2) is 39.0 Å². The van der Waals surface area contributed by atoms with Crippen molar-refractivity contribution in [3.05, 3.63) is 50.1 Å². The van der Waals surface area contributed by atoms with E-state index in [-0.39, 0.29) is 11.5 Å². The Morgan fingerprint density at radius 1 is 1.32 bits per heavy atom. The van der Waals surface area contributed by atoms with E-state index in [4.69, 9.17) is 0 Å². The van der Waals surface area contributed by atoms with Gasteiger partial charge in [-0.2, -0.15) is 0 Å². The van der Waals surface area contributed by atoms with Gasteiger partial charge in [-0.25, -0.2) is 0 Å². The summed E-state index contributed by atoms with van der Waals surface area (Å²) in [6, 6.07) is 7.58. The highest BCUT2D eigenvalue weighted by molar-refractivity contribution is 9.10. The molecule has 1 aromatic heterocycles. The molecule has 1 unspecified atom stereocenters. The topological polar surface area (TPSA) is 34.1 Å².